The maximum atomic E-state index is 4.29. The molecule has 3 heteroatoms. The highest BCUT2D eigenvalue weighted by Gasteiger charge is 2.21. The smallest absolute Gasteiger partial charge is 0.198 e. The van der Waals surface area contributed by atoms with Crippen molar-refractivity contribution in [3.8, 4) is 0 Å². The third-order valence-electron chi connectivity index (χ3n) is 2.69. The van der Waals surface area contributed by atoms with Crippen LogP contribution in [0.15, 0.2) is 29.3 Å². The Bertz CT molecular complexity index is 371. The molecule has 1 aromatic carbocycles. The summed E-state index contributed by atoms with van der Waals surface area (Å²) in [5.41, 5.74) is 2.70. The summed E-state index contributed by atoms with van der Waals surface area (Å²) in [5, 5.41) is 3.29. The van der Waals surface area contributed by atoms with Crippen LogP contribution in [0, 0.1) is 0 Å². The summed E-state index contributed by atoms with van der Waals surface area (Å²) in [6.45, 7) is 4.03. The van der Waals surface area contributed by atoms with Gasteiger partial charge in [0.05, 0.1) is 0 Å². The van der Waals surface area contributed by atoms with Crippen LogP contribution in [-0.2, 0) is 6.42 Å². The Kier molecular flexibility index (Phi) is 2.90. The molecule has 0 unspecified atom stereocenters. The van der Waals surface area contributed by atoms with Gasteiger partial charge in [-0.3, -0.25) is 4.99 Å². The summed E-state index contributed by atoms with van der Waals surface area (Å²) in [5.74, 6) is 0.974. The number of nitrogens with zero attached hydrogens (tertiary/aromatic N) is 2. The molecule has 1 aliphatic rings. The van der Waals surface area contributed by atoms with Gasteiger partial charge in [-0.2, -0.15) is 0 Å². The molecule has 0 fully saturated rings. The molecule has 0 saturated heterocycles. The zero-order valence-corrected chi connectivity index (χ0v) is 9.33. The first-order valence-electron chi connectivity index (χ1n) is 5.43. The molecule has 1 aliphatic heterocycles. The second-order valence-corrected chi connectivity index (χ2v) is 3.61. The van der Waals surface area contributed by atoms with E-state index in [1.54, 1.807) is 0 Å². The van der Waals surface area contributed by atoms with E-state index < -0.39 is 0 Å². The first-order chi connectivity index (χ1) is 7.36. The van der Waals surface area contributed by atoms with Crippen molar-refractivity contribution in [3.63, 3.8) is 0 Å². The molecule has 0 amide bonds. The number of guanidine groups is 1. The van der Waals surface area contributed by atoms with Crippen LogP contribution in [0.1, 0.15) is 12.5 Å². The van der Waals surface area contributed by atoms with Crippen molar-refractivity contribution >= 4 is 11.6 Å². The molecule has 3 nitrogen and oxygen atoms in total. The number of rotatable bonds is 1. The lowest BCUT2D eigenvalue weighted by Gasteiger charge is -2.21. The lowest BCUT2D eigenvalue weighted by atomic mass is 10.2. The minimum absolute atomic E-state index is 0.908. The number of fused-ring (bicyclic) bond motifs is 1. The second-order valence-electron chi connectivity index (χ2n) is 3.61. The van der Waals surface area contributed by atoms with E-state index in [0.717, 1.165) is 25.5 Å². The minimum Gasteiger partial charge on any atom is -0.356 e. The molecule has 0 aromatic heterocycles. The molecular formula is C12H17N3. The van der Waals surface area contributed by atoms with E-state index in [4.69, 9.17) is 0 Å². The van der Waals surface area contributed by atoms with Gasteiger partial charge in [-0.25, -0.2) is 0 Å². The second kappa shape index (κ2) is 4.34. The third kappa shape index (κ3) is 1.82. The lowest BCUT2D eigenvalue weighted by Crippen LogP contribution is -2.40. The average molecular weight is 203 g/mol. The standard InChI is InChI=1S/C12H17N3/c1-3-14-12(13-2)15-9-8-10-6-4-5-7-11(10)15/h4-7H,3,8-9H2,1-2H3,(H,13,14). The van der Waals surface area contributed by atoms with Crippen LogP contribution in [-0.4, -0.2) is 26.1 Å². The van der Waals surface area contributed by atoms with Gasteiger partial charge in [-0.15, -0.1) is 0 Å². The third-order valence-corrected chi connectivity index (χ3v) is 2.69. The molecule has 0 atom stereocenters. The van der Waals surface area contributed by atoms with Crippen LogP contribution in [0.25, 0.3) is 0 Å². The zero-order chi connectivity index (χ0) is 10.7. The minimum atomic E-state index is 0.908. The van der Waals surface area contributed by atoms with Crippen molar-refractivity contribution in [1.29, 1.82) is 0 Å². The van der Waals surface area contributed by atoms with Gasteiger partial charge in [0.1, 0.15) is 0 Å². The molecular weight excluding hydrogens is 186 g/mol. The summed E-state index contributed by atoms with van der Waals surface area (Å²) >= 11 is 0. The van der Waals surface area contributed by atoms with E-state index in [9.17, 15) is 0 Å². The van der Waals surface area contributed by atoms with Crippen LogP contribution in [0.2, 0.25) is 0 Å². The van der Waals surface area contributed by atoms with Crippen molar-refractivity contribution in [2.24, 2.45) is 4.99 Å². The Morgan fingerprint density at radius 1 is 1.47 bits per heavy atom. The predicted octanol–water partition coefficient (Wildman–Crippen LogP) is 1.64. The number of para-hydroxylation sites is 1. The Balaban J connectivity index is 2.26. The highest BCUT2D eigenvalue weighted by Crippen LogP contribution is 2.27. The van der Waals surface area contributed by atoms with Gasteiger partial charge < -0.3 is 10.2 Å². The van der Waals surface area contributed by atoms with Crippen molar-refractivity contribution in [2.45, 2.75) is 13.3 Å². The number of benzene rings is 1. The number of aliphatic imine (C=N–C) groups is 1. The first-order valence-corrected chi connectivity index (χ1v) is 5.43. The van der Waals surface area contributed by atoms with Crippen molar-refractivity contribution < 1.29 is 0 Å². The fourth-order valence-corrected chi connectivity index (χ4v) is 2.01. The molecule has 2 rings (SSSR count). The number of anilines is 1. The SMILES string of the molecule is CCNC(=NC)N1CCc2ccccc21. The van der Waals surface area contributed by atoms with Crippen molar-refractivity contribution in [3.05, 3.63) is 29.8 Å². The van der Waals surface area contributed by atoms with Gasteiger partial charge in [0, 0.05) is 25.8 Å². The van der Waals surface area contributed by atoms with Crippen LogP contribution in [0.4, 0.5) is 5.69 Å². The molecule has 0 spiro atoms. The molecule has 1 heterocycles. The number of hydrogen-bond acceptors (Lipinski definition) is 1. The quantitative estimate of drug-likeness (QED) is 0.555. The molecule has 1 N–H and O–H groups in total. The topological polar surface area (TPSA) is 27.6 Å². The predicted molar refractivity (Wildman–Crippen MR) is 64.5 cm³/mol. The number of nitrogens with one attached hydrogen (secondary N) is 1. The van der Waals surface area contributed by atoms with Gasteiger partial charge in [-0.1, -0.05) is 18.2 Å². The van der Waals surface area contributed by atoms with Gasteiger partial charge in [0.2, 0.25) is 0 Å². The molecule has 80 valence electrons. The maximum Gasteiger partial charge on any atom is 0.198 e. The van der Waals surface area contributed by atoms with Crippen LogP contribution in [0.3, 0.4) is 0 Å². The Morgan fingerprint density at radius 3 is 3.00 bits per heavy atom. The molecule has 0 radical (unpaired) electrons. The molecule has 1 aromatic rings. The van der Waals surface area contributed by atoms with E-state index in [2.05, 4.69) is 46.4 Å². The summed E-state index contributed by atoms with van der Waals surface area (Å²) in [7, 11) is 1.83. The van der Waals surface area contributed by atoms with E-state index in [0.29, 0.717) is 0 Å². The molecule has 15 heavy (non-hydrogen) atoms. The summed E-state index contributed by atoms with van der Waals surface area (Å²) < 4.78 is 0. The highest BCUT2D eigenvalue weighted by atomic mass is 15.3. The van der Waals surface area contributed by atoms with Gasteiger partial charge in [-0.05, 0) is 25.0 Å². The maximum absolute atomic E-state index is 4.29. The fraction of sp³-hybridized carbons (Fsp3) is 0.417. The van der Waals surface area contributed by atoms with E-state index in [-0.39, 0.29) is 0 Å². The van der Waals surface area contributed by atoms with Crippen molar-refractivity contribution in [1.82, 2.24) is 5.32 Å². The van der Waals surface area contributed by atoms with Crippen LogP contribution < -0.4 is 10.2 Å². The van der Waals surface area contributed by atoms with Gasteiger partial charge in [0.25, 0.3) is 0 Å². The first kappa shape index (κ1) is 10.0. The Hall–Kier alpha value is -1.51. The molecule has 0 aliphatic carbocycles. The lowest BCUT2D eigenvalue weighted by molar-refractivity contribution is 0.901. The van der Waals surface area contributed by atoms with Gasteiger partial charge >= 0.3 is 0 Å². The molecule has 0 bridgehead atoms. The monoisotopic (exact) mass is 203 g/mol. The Morgan fingerprint density at radius 2 is 2.27 bits per heavy atom. The fourth-order valence-electron chi connectivity index (χ4n) is 2.01. The summed E-state index contributed by atoms with van der Waals surface area (Å²) in [6.07, 6.45) is 1.11. The van der Waals surface area contributed by atoms with Gasteiger partial charge in [0.15, 0.2) is 5.96 Å². The molecule has 0 saturated carbocycles. The highest BCUT2D eigenvalue weighted by molar-refractivity contribution is 5.97. The van der Waals surface area contributed by atoms with E-state index in [1.807, 2.05) is 7.05 Å². The van der Waals surface area contributed by atoms with E-state index in [1.165, 1.54) is 11.3 Å². The Labute approximate surface area is 90.8 Å². The normalized spacial score (nSPS) is 15.3. The van der Waals surface area contributed by atoms with E-state index >= 15 is 0 Å². The zero-order valence-electron chi connectivity index (χ0n) is 9.33. The average Bonchev–Trinajstić information content (AvgIpc) is 2.70. The summed E-state index contributed by atoms with van der Waals surface area (Å²) in [4.78, 5) is 6.54. The van der Waals surface area contributed by atoms with Crippen molar-refractivity contribution in [2.75, 3.05) is 25.0 Å². The number of hydrogen-bond donors (Lipinski definition) is 1. The summed E-state index contributed by atoms with van der Waals surface area (Å²) in [6, 6.07) is 8.52. The van der Waals surface area contributed by atoms with Crippen LogP contribution >= 0.6 is 0 Å². The largest absolute Gasteiger partial charge is 0.356 e. The van der Waals surface area contributed by atoms with Crippen LogP contribution in [0.5, 0.6) is 0 Å².